The van der Waals surface area contributed by atoms with Gasteiger partial charge in [0, 0.05) is 31.4 Å². The highest BCUT2D eigenvalue weighted by Crippen LogP contribution is 2.48. The lowest BCUT2D eigenvalue weighted by atomic mass is 10.0. The summed E-state index contributed by atoms with van der Waals surface area (Å²) < 4.78 is 2.00. The van der Waals surface area contributed by atoms with Gasteiger partial charge < -0.3 is 4.90 Å². The number of carbonyl (C=O) groups is 1. The van der Waals surface area contributed by atoms with Crippen molar-refractivity contribution in [3.05, 3.63) is 54.4 Å². The fraction of sp³-hybridized carbons (Fsp3) is 0.444. The summed E-state index contributed by atoms with van der Waals surface area (Å²) in [6.45, 7) is 1.70. The average Bonchev–Trinajstić information content (AvgIpc) is 3.19. The highest BCUT2D eigenvalue weighted by atomic mass is 16.2. The van der Waals surface area contributed by atoms with Crippen LogP contribution < -0.4 is 0 Å². The topological polar surface area (TPSA) is 38.1 Å². The minimum atomic E-state index is 0.193. The lowest BCUT2D eigenvalue weighted by Gasteiger charge is -2.33. The van der Waals surface area contributed by atoms with Crippen LogP contribution in [-0.4, -0.2) is 33.7 Å². The zero-order valence-electron chi connectivity index (χ0n) is 12.6. The molecule has 1 aromatic heterocycles. The van der Waals surface area contributed by atoms with Crippen LogP contribution in [0.25, 0.3) is 0 Å². The largest absolute Gasteiger partial charge is 0.340 e. The molecule has 1 saturated carbocycles. The van der Waals surface area contributed by atoms with Crippen LogP contribution in [0.2, 0.25) is 0 Å². The molecule has 3 atom stereocenters. The molecule has 4 heteroatoms. The van der Waals surface area contributed by atoms with Gasteiger partial charge in [0.2, 0.25) is 5.91 Å². The molecular weight excluding hydrogens is 274 g/mol. The first-order chi connectivity index (χ1) is 10.8. The number of aromatic nitrogens is 2. The van der Waals surface area contributed by atoms with Crippen molar-refractivity contribution in [2.45, 2.75) is 31.2 Å². The van der Waals surface area contributed by atoms with Gasteiger partial charge in [-0.15, -0.1) is 0 Å². The van der Waals surface area contributed by atoms with E-state index >= 15 is 0 Å². The first-order valence-corrected chi connectivity index (χ1v) is 8.16. The summed E-state index contributed by atoms with van der Waals surface area (Å²) in [5.74, 6) is 0.961. The maximum atomic E-state index is 12.8. The van der Waals surface area contributed by atoms with Gasteiger partial charge >= 0.3 is 0 Å². The SMILES string of the molecule is O=C([C@@H]1C[C@@H]1c1ccccc1)N1CCC[C@@H](n2cccn2)C1. The maximum Gasteiger partial charge on any atom is 0.226 e. The van der Waals surface area contributed by atoms with Crippen LogP contribution in [0.3, 0.4) is 0 Å². The van der Waals surface area contributed by atoms with Gasteiger partial charge in [0.25, 0.3) is 0 Å². The molecule has 22 heavy (non-hydrogen) atoms. The van der Waals surface area contributed by atoms with Gasteiger partial charge in [-0.3, -0.25) is 9.48 Å². The standard InChI is InChI=1S/C18H21N3O/c22-18(17-12-16(17)14-6-2-1-3-7-14)20-10-4-8-15(13-20)21-11-5-9-19-21/h1-3,5-7,9,11,15-17H,4,8,10,12-13H2/t15-,16-,17-/m1/s1. The van der Waals surface area contributed by atoms with Crippen molar-refractivity contribution in [3.63, 3.8) is 0 Å². The Morgan fingerprint density at radius 1 is 1.18 bits per heavy atom. The number of likely N-dealkylation sites (tertiary alicyclic amines) is 1. The average molecular weight is 295 g/mol. The smallest absolute Gasteiger partial charge is 0.226 e. The van der Waals surface area contributed by atoms with Crippen molar-refractivity contribution in [1.82, 2.24) is 14.7 Å². The van der Waals surface area contributed by atoms with Gasteiger partial charge in [-0.25, -0.2) is 0 Å². The van der Waals surface area contributed by atoms with Crippen LogP contribution in [0.4, 0.5) is 0 Å². The third-order valence-electron chi connectivity index (χ3n) is 4.94. The Kier molecular flexibility index (Phi) is 3.45. The summed E-state index contributed by atoms with van der Waals surface area (Å²) in [5, 5.41) is 4.34. The minimum absolute atomic E-state index is 0.193. The summed E-state index contributed by atoms with van der Waals surface area (Å²) in [6, 6.07) is 12.7. The van der Waals surface area contributed by atoms with E-state index in [2.05, 4.69) is 34.3 Å². The van der Waals surface area contributed by atoms with E-state index in [0.717, 1.165) is 32.4 Å². The number of nitrogens with zero attached hydrogens (tertiary/aromatic N) is 3. The fourth-order valence-electron chi connectivity index (χ4n) is 3.64. The number of carbonyl (C=O) groups excluding carboxylic acids is 1. The Hall–Kier alpha value is -2.10. The van der Waals surface area contributed by atoms with Crippen LogP contribution in [0.5, 0.6) is 0 Å². The zero-order chi connectivity index (χ0) is 14.9. The lowest BCUT2D eigenvalue weighted by molar-refractivity contribution is -0.134. The van der Waals surface area contributed by atoms with Crippen molar-refractivity contribution in [2.75, 3.05) is 13.1 Å². The number of hydrogen-bond acceptors (Lipinski definition) is 2. The molecule has 2 fully saturated rings. The first-order valence-electron chi connectivity index (χ1n) is 8.16. The summed E-state index contributed by atoms with van der Waals surface area (Å²) in [6.07, 6.45) is 7.00. The molecule has 1 amide bonds. The van der Waals surface area contributed by atoms with Gasteiger partial charge in [-0.05, 0) is 36.8 Å². The predicted octanol–water partition coefficient (Wildman–Crippen LogP) is 2.85. The number of rotatable bonds is 3. The zero-order valence-corrected chi connectivity index (χ0v) is 12.6. The van der Waals surface area contributed by atoms with Crippen LogP contribution in [0, 0.1) is 5.92 Å². The second-order valence-corrected chi connectivity index (χ2v) is 6.43. The molecule has 0 bridgehead atoms. The lowest BCUT2D eigenvalue weighted by Crippen LogP contribution is -2.41. The fourth-order valence-corrected chi connectivity index (χ4v) is 3.64. The third kappa shape index (κ3) is 2.54. The van der Waals surface area contributed by atoms with Crippen molar-refractivity contribution in [3.8, 4) is 0 Å². The molecule has 4 nitrogen and oxygen atoms in total. The third-order valence-corrected chi connectivity index (χ3v) is 4.94. The highest BCUT2D eigenvalue weighted by Gasteiger charge is 2.46. The molecule has 4 rings (SSSR count). The maximum absolute atomic E-state index is 12.8. The molecule has 2 aliphatic rings. The summed E-state index contributed by atoms with van der Waals surface area (Å²) >= 11 is 0. The predicted molar refractivity (Wildman–Crippen MR) is 84.4 cm³/mol. The van der Waals surface area contributed by atoms with E-state index in [9.17, 15) is 4.79 Å². The molecule has 1 aromatic carbocycles. The summed E-state index contributed by atoms with van der Waals surface area (Å²) in [5.41, 5.74) is 1.31. The number of amides is 1. The minimum Gasteiger partial charge on any atom is -0.340 e. The van der Waals surface area contributed by atoms with Gasteiger partial charge in [0.15, 0.2) is 0 Å². The van der Waals surface area contributed by atoms with E-state index in [1.165, 1.54) is 5.56 Å². The van der Waals surface area contributed by atoms with E-state index in [4.69, 9.17) is 0 Å². The van der Waals surface area contributed by atoms with Crippen molar-refractivity contribution in [2.24, 2.45) is 5.92 Å². The Balaban J connectivity index is 1.41. The number of piperidine rings is 1. The van der Waals surface area contributed by atoms with E-state index in [1.807, 2.05) is 29.2 Å². The highest BCUT2D eigenvalue weighted by molar-refractivity contribution is 5.83. The van der Waals surface area contributed by atoms with E-state index in [1.54, 1.807) is 0 Å². The van der Waals surface area contributed by atoms with Crippen LogP contribution in [0.1, 0.15) is 36.8 Å². The quantitative estimate of drug-likeness (QED) is 0.873. The molecule has 2 aromatic rings. The summed E-state index contributed by atoms with van der Waals surface area (Å²) in [7, 11) is 0. The second kappa shape index (κ2) is 5.59. The van der Waals surface area contributed by atoms with Gasteiger partial charge in [0.1, 0.15) is 0 Å². The molecule has 2 heterocycles. The Bertz CT molecular complexity index is 638. The first kappa shape index (κ1) is 13.6. The molecule has 1 aliphatic heterocycles. The van der Waals surface area contributed by atoms with Crippen LogP contribution in [-0.2, 0) is 4.79 Å². The van der Waals surface area contributed by atoms with Crippen molar-refractivity contribution >= 4 is 5.91 Å². The van der Waals surface area contributed by atoms with Gasteiger partial charge in [0.05, 0.1) is 6.04 Å². The Labute approximate surface area is 130 Å². The number of benzene rings is 1. The monoisotopic (exact) mass is 295 g/mol. The van der Waals surface area contributed by atoms with Gasteiger partial charge in [-0.2, -0.15) is 5.10 Å². The molecule has 0 radical (unpaired) electrons. The Morgan fingerprint density at radius 2 is 2.05 bits per heavy atom. The molecule has 0 spiro atoms. The van der Waals surface area contributed by atoms with Gasteiger partial charge in [-0.1, -0.05) is 30.3 Å². The van der Waals surface area contributed by atoms with E-state index < -0.39 is 0 Å². The molecule has 1 saturated heterocycles. The molecule has 0 N–H and O–H groups in total. The van der Waals surface area contributed by atoms with Crippen LogP contribution in [0.15, 0.2) is 48.8 Å². The van der Waals surface area contributed by atoms with E-state index in [-0.39, 0.29) is 5.92 Å². The van der Waals surface area contributed by atoms with E-state index in [0.29, 0.717) is 17.9 Å². The Morgan fingerprint density at radius 3 is 2.82 bits per heavy atom. The van der Waals surface area contributed by atoms with Crippen molar-refractivity contribution in [1.29, 1.82) is 0 Å². The van der Waals surface area contributed by atoms with Crippen LogP contribution >= 0.6 is 0 Å². The van der Waals surface area contributed by atoms with Crippen molar-refractivity contribution < 1.29 is 4.79 Å². The molecule has 1 aliphatic carbocycles. The molecule has 0 unspecified atom stereocenters. The summed E-state index contributed by atoms with van der Waals surface area (Å²) in [4.78, 5) is 14.8. The molecular formula is C18H21N3O. The number of hydrogen-bond donors (Lipinski definition) is 0. The molecule has 114 valence electrons. The second-order valence-electron chi connectivity index (χ2n) is 6.43. The normalized spacial score (nSPS) is 27.6.